The maximum absolute atomic E-state index is 13.2. The van der Waals surface area contributed by atoms with Gasteiger partial charge >= 0.3 is 5.97 Å². The van der Waals surface area contributed by atoms with Crippen molar-refractivity contribution in [2.24, 2.45) is 22.7 Å². The van der Waals surface area contributed by atoms with Crippen molar-refractivity contribution in [3.63, 3.8) is 0 Å². The van der Waals surface area contributed by atoms with Crippen LogP contribution in [0.5, 0.6) is 0 Å². The molecule has 2 fully saturated rings. The highest BCUT2D eigenvalue weighted by molar-refractivity contribution is 7.95. The molecule has 3 aliphatic carbocycles. The van der Waals surface area contributed by atoms with E-state index in [1.54, 1.807) is 6.08 Å². The molecule has 0 saturated heterocycles. The number of hydrogen-bond donors (Lipinski definition) is 1. The molecule has 3 rings (SSSR count). The second-order valence-corrected chi connectivity index (χ2v) is 10.7. The van der Waals surface area contributed by atoms with Gasteiger partial charge < -0.3 is 14.6 Å². The number of fused-ring (bicyclic) bond motifs is 2. The molecule has 6 nitrogen and oxygen atoms in total. The van der Waals surface area contributed by atoms with Crippen LogP contribution < -0.4 is 0 Å². The van der Waals surface area contributed by atoms with Gasteiger partial charge in [0.05, 0.1) is 31.0 Å². The molecule has 0 aliphatic heterocycles. The van der Waals surface area contributed by atoms with Gasteiger partial charge in [0.1, 0.15) is 0 Å². The first kappa shape index (κ1) is 19.8. The zero-order valence-electron chi connectivity index (χ0n) is 16.0. The number of allylic oxidation sites excluding steroid dienone is 1. The van der Waals surface area contributed by atoms with E-state index < -0.39 is 33.4 Å². The summed E-state index contributed by atoms with van der Waals surface area (Å²) in [5, 5.41) is 10.6. The lowest BCUT2D eigenvalue weighted by atomic mass is 9.70. The van der Waals surface area contributed by atoms with Gasteiger partial charge in [-0.25, -0.2) is 8.42 Å². The minimum atomic E-state index is -3.54. The highest BCUT2D eigenvalue weighted by Gasteiger charge is 2.65. The maximum Gasteiger partial charge on any atom is 0.311 e. The Bertz CT molecular complexity index is 710. The third-order valence-corrected chi connectivity index (χ3v) is 9.49. The summed E-state index contributed by atoms with van der Waals surface area (Å²) in [5.74, 6) is -0.514. The fourth-order valence-corrected chi connectivity index (χ4v) is 7.89. The standard InChI is InChI=1S/C19H30O6S/c1-18(2)12-7-8-19(18,16(20)9-12)11-26(22,23)13-5-6-14(17(21)25-4)15(10-13)24-3/h10,12,14-16,20H,5-9,11H2,1-4H3/t12-,14+,15-,16-,19-/m1/s1. The first-order valence-corrected chi connectivity index (χ1v) is 11.0. The number of aliphatic hydroxyl groups is 1. The fourth-order valence-electron chi connectivity index (χ4n) is 5.55. The summed E-state index contributed by atoms with van der Waals surface area (Å²) in [4.78, 5) is 12.2. The topological polar surface area (TPSA) is 89.9 Å². The van der Waals surface area contributed by atoms with Crippen LogP contribution in [0, 0.1) is 22.7 Å². The summed E-state index contributed by atoms with van der Waals surface area (Å²) in [6.45, 7) is 4.19. The first-order valence-electron chi connectivity index (χ1n) is 9.31. The molecule has 0 amide bonds. The van der Waals surface area contributed by atoms with Crippen molar-refractivity contribution >= 4 is 15.8 Å². The summed E-state index contributed by atoms with van der Waals surface area (Å²) in [6, 6.07) is 0. The lowest BCUT2D eigenvalue weighted by molar-refractivity contribution is -0.149. The number of carbonyl (C=O) groups excluding carboxylic acids is 1. The third kappa shape index (κ3) is 2.83. The molecule has 2 saturated carbocycles. The molecule has 0 aromatic carbocycles. The van der Waals surface area contributed by atoms with E-state index in [9.17, 15) is 18.3 Å². The summed E-state index contributed by atoms with van der Waals surface area (Å²) in [5.41, 5.74) is -0.775. The molecule has 0 unspecified atom stereocenters. The Morgan fingerprint density at radius 1 is 1.31 bits per heavy atom. The number of aliphatic hydroxyl groups excluding tert-OH is 1. The summed E-state index contributed by atoms with van der Waals surface area (Å²) in [7, 11) is -0.752. The SMILES string of the molecule is COC(=O)[C@H]1CCC(S(=O)(=O)C[C@]23CC[C@H](C[C@H]2O)C3(C)C)=C[C@H]1OC. The van der Waals surface area contributed by atoms with Gasteiger partial charge in [0.2, 0.25) is 0 Å². The Hall–Kier alpha value is -0.920. The smallest absolute Gasteiger partial charge is 0.311 e. The molecule has 0 spiro atoms. The van der Waals surface area contributed by atoms with Crippen molar-refractivity contribution < 1.29 is 27.8 Å². The first-order chi connectivity index (χ1) is 12.1. The zero-order valence-corrected chi connectivity index (χ0v) is 16.8. The van der Waals surface area contributed by atoms with Crippen LogP contribution in [0.2, 0.25) is 0 Å². The summed E-state index contributed by atoms with van der Waals surface area (Å²) in [6.07, 6.45) is 3.49. The van der Waals surface area contributed by atoms with E-state index >= 15 is 0 Å². The van der Waals surface area contributed by atoms with Crippen LogP contribution in [0.15, 0.2) is 11.0 Å². The zero-order chi connectivity index (χ0) is 19.3. The Morgan fingerprint density at radius 3 is 2.50 bits per heavy atom. The van der Waals surface area contributed by atoms with Crippen LogP contribution in [0.25, 0.3) is 0 Å². The average Bonchev–Trinajstić information content (AvgIpc) is 2.94. The molecule has 7 heteroatoms. The number of rotatable bonds is 5. The highest BCUT2D eigenvalue weighted by Crippen LogP contribution is 2.66. The predicted octanol–water partition coefficient (Wildman–Crippen LogP) is 2.07. The average molecular weight is 387 g/mol. The normalized spacial score (nSPS) is 38.9. The molecule has 0 aromatic heterocycles. The van der Waals surface area contributed by atoms with Gasteiger partial charge in [-0.15, -0.1) is 0 Å². The number of esters is 1. The van der Waals surface area contributed by atoms with Crippen LogP contribution in [-0.4, -0.2) is 51.7 Å². The Balaban J connectivity index is 1.87. The van der Waals surface area contributed by atoms with Gasteiger partial charge in [-0.3, -0.25) is 4.79 Å². The van der Waals surface area contributed by atoms with Gasteiger partial charge in [-0.05, 0) is 49.5 Å². The summed E-state index contributed by atoms with van der Waals surface area (Å²) >= 11 is 0. The maximum atomic E-state index is 13.2. The van der Waals surface area contributed by atoms with Gasteiger partial charge in [0.15, 0.2) is 9.84 Å². The van der Waals surface area contributed by atoms with E-state index in [4.69, 9.17) is 9.47 Å². The second kappa shape index (κ2) is 6.60. The van der Waals surface area contributed by atoms with Crippen LogP contribution in [0.4, 0.5) is 0 Å². The molecule has 148 valence electrons. The van der Waals surface area contributed by atoms with Crippen molar-refractivity contribution in [3.05, 3.63) is 11.0 Å². The van der Waals surface area contributed by atoms with Crippen molar-refractivity contribution in [2.45, 2.75) is 58.2 Å². The molecule has 0 heterocycles. The van der Waals surface area contributed by atoms with Crippen LogP contribution in [0.1, 0.15) is 46.0 Å². The van der Waals surface area contributed by atoms with E-state index in [-0.39, 0.29) is 17.1 Å². The van der Waals surface area contributed by atoms with Crippen molar-refractivity contribution in [3.8, 4) is 0 Å². The lowest BCUT2D eigenvalue weighted by Gasteiger charge is -2.40. The largest absolute Gasteiger partial charge is 0.469 e. The van der Waals surface area contributed by atoms with Crippen molar-refractivity contribution in [1.82, 2.24) is 0 Å². The lowest BCUT2D eigenvalue weighted by Crippen LogP contribution is -2.45. The molecule has 26 heavy (non-hydrogen) atoms. The van der Waals surface area contributed by atoms with Crippen LogP contribution >= 0.6 is 0 Å². The molecule has 2 bridgehead atoms. The molecule has 3 aliphatic rings. The predicted molar refractivity (Wildman–Crippen MR) is 97.0 cm³/mol. The van der Waals surface area contributed by atoms with Gasteiger partial charge in [0, 0.05) is 17.4 Å². The second-order valence-electron chi connectivity index (χ2n) is 8.63. The van der Waals surface area contributed by atoms with Crippen LogP contribution in [-0.2, 0) is 24.1 Å². The fraction of sp³-hybridized carbons (Fsp3) is 0.842. The molecule has 0 radical (unpaired) electrons. The van der Waals surface area contributed by atoms with Crippen LogP contribution in [0.3, 0.4) is 0 Å². The number of carbonyl (C=O) groups is 1. The van der Waals surface area contributed by atoms with Crippen molar-refractivity contribution in [1.29, 1.82) is 0 Å². The number of sulfone groups is 1. The molecule has 5 atom stereocenters. The highest BCUT2D eigenvalue weighted by atomic mass is 32.2. The van der Waals surface area contributed by atoms with E-state index in [0.29, 0.717) is 30.1 Å². The van der Waals surface area contributed by atoms with Gasteiger partial charge in [0.25, 0.3) is 0 Å². The quantitative estimate of drug-likeness (QED) is 0.728. The third-order valence-electron chi connectivity index (χ3n) is 7.46. The minimum Gasteiger partial charge on any atom is -0.469 e. The van der Waals surface area contributed by atoms with Gasteiger partial charge in [-0.1, -0.05) is 13.8 Å². The molecule has 1 N–H and O–H groups in total. The molecular formula is C19H30O6S. The Morgan fingerprint density at radius 2 is 2.00 bits per heavy atom. The minimum absolute atomic E-state index is 0.0319. The molecular weight excluding hydrogens is 356 g/mol. The Kier molecular flexibility index (Phi) is 5.04. The number of methoxy groups -OCH3 is 2. The number of ether oxygens (including phenoxy) is 2. The molecule has 0 aromatic rings. The van der Waals surface area contributed by atoms with Crippen molar-refractivity contribution in [2.75, 3.05) is 20.0 Å². The van der Waals surface area contributed by atoms with E-state index in [0.717, 1.165) is 12.8 Å². The summed E-state index contributed by atoms with van der Waals surface area (Å²) < 4.78 is 36.6. The van der Waals surface area contributed by atoms with E-state index in [1.807, 2.05) is 0 Å². The monoisotopic (exact) mass is 386 g/mol. The van der Waals surface area contributed by atoms with E-state index in [2.05, 4.69) is 13.8 Å². The number of hydrogen-bond acceptors (Lipinski definition) is 6. The Labute approximate surface area is 155 Å². The van der Waals surface area contributed by atoms with E-state index in [1.165, 1.54) is 14.2 Å². The van der Waals surface area contributed by atoms with Gasteiger partial charge in [-0.2, -0.15) is 0 Å².